The molecule has 4 nitrogen and oxygen atoms in total. The lowest BCUT2D eigenvalue weighted by Gasteiger charge is -2.12. The maximum atomic E-state index is 9.70. The minimum Gasteiger partial charge on any atom is -0.390 e. The first-order valence-electron chi connectivity index (χ1n) is 5.72. The van der Waals surface area contributed by atoms with Crippen LogP contribution in [0, 0.1) is 13.8 Å². The standard InChI is InChI=1S/C12H20N2O2S/c1-8(2)16-6-11(15)7-17-12-13-9(3)5-10(4)14-12/h5,8,11,15H,6-7H2,1-4H3/t11-/m0/s1. The topological polar surface area (TPSA) is 55.2 Å². The summed E-state index contributed by atoms with van der Waals surface area (Å²) in [5, 5.41) is 10.4. The van der Waals surface area contributed by atoms with Crippen molar-refractivity contribution >= 4 is 11.8 Å². The number of hydrogen-bond acceptors (Lipinski definition) is 5. The van der Waals surface area contributed by atoms with E-state index in [0.717, 1.165) is 11.4 Å². The molecule has 0 aromatic carbocycles. The molecule has 1 aromatic rings. The molecule has 1 heterocycles. The average molecular weight is 256 g/mol. The van der Waals surface area contributed by atoms with Crippen molar-refractivity contribution in [3.63, 3.8) is 0 Å². The van der Waals surface area contributed by atoms with Gasteiger partial charge >= 0.3 is 0 Å². The summed E-state index contributed by atoms with van der Waals surface area (Å²) in [5.41, 5.74) is 1.90. The highest BCUT2D eigenvalue weighted by atomic mass is 32.2. The largest absolute Gasteiger partial charge is 0.390 e. The van der Waals surface area contributed by atoms with Crippen molar-refractivity contribution in [2.45, 2.75) is 45.1 Å². The number of hydrogen-bond donors (Lipinski definition) is 1. The average Bonchev–Trinajstić information content (AvgIpc) is 2.22. The van der Waals surface area contributed by atoms with E-state index >= 15 is 0 Å². The molecule has 1 aromatic heterocycles. The fourth-order valence-corrected chi connectivity index (χ4v) is 2.14. The summed E-state index contributed by atoms with van der Waals surface area (Å²) in [6.07, 6.45) is -0.334. The minimum absolute atomic E-state index is 0.145. The van der Waals surface area contributed by atoms with Gasteiger partial charge in [0.05, 0.1) is 18.8 Å². The zero-order valence-electron chi connectivity index (χ0n) is 10.8. The van der Waals surface area contributed by atoms with E-state index in [1.807, 2.05) is 33.8 Å². The minimum atomic E-state index is -0.480. The van der Waals surface area contributed by atoms with Gasteiger partial charge in [0.15, 0.2) is 5.16 Å². The van der Waals surface area contributed by atoms with Gasteiger partial charge in [-0.05, 0) is 33.8 Å². The number of aryl methyl sites for hydroxylation is 2. The second-order valence-electron chi connectivity index (χ2n) is 4.28. The highest BCUT2D eigenvalue weighted by Gasteiger charge is 2.08. The predicted octanol–water partition coefficient (Wildman–Crippen LogP) is 1.97. The van der Waals surface area contributed by atoms with E-state index in [2.05, 4.69) is 9.97 Å². The molecule has 0 bridgehead atoms. The van der Waals surface area contributed by atoms with Crippen LogP contribution >= 0.6 is 11.8 Å². The molecule has 0 aliphatic carbocycles. The first-order valence-corrected chi connectivity index (χ1v) is 6.70. The highest BCUT2D eigenvalue weighted by molar-refractivity contribution is 7.99. The molecule has 0 unspecified atom stereocenters. The van der Waals surface area contributed by atoms with E-state index in [0.29, 0.717) is 17.5 Å². The molecule has 0 fully saturated rings. The second-order valence-corrected chi connectivity index (χ2v) is 5.27. The lowest BCUT2D eigenvalue weighted by molar-refractivity contribution is 0.0152. The Morgan fingerprint density at radius 2 is 1.88 bits per heavy atom. The number of aliphatic hydroxyl groups is 1. The van der Waals surface area contributed by atoms with Crippen LogP contribution in [-0.2, 0) is 4.74 Å². The Morgan fingerprint density at radius 1 is 1.29 bits per heavy atom. The van der Waals surface area contributed by atoms with Gasteiger partial charge < -0.3 is 9.84 Å². The predicted molar refractivity (Wildman–Crippen MR) is 69.3 cm³/mol. The third-order valence-electron chi connectivity index (χ3n) is 1.99. The number of rotatable bonds is 6. The molecule has 0 saturated heterocycles. The van der Waals surface area contributed by atoms with Crippen molar-refractivity contribution < 1.29 is 9.84 Å². The van der Waals surface area contributed by atoms with E-state index in [-0.39, 0.29) is 6.10 Å². The molecule has 96 valence electrons. The fourth-order valence-electron chi connectivity index (χ4n) is 1.28. The monoisotopic (exact) mass is 256 g/mol. The van der Waals surface area contributed by atoms with E-state index < -0.39 is 6.10 Å². The molecule has 0 aliphatic heterocycles. The van der Waals surface area contributed by atoms with Crippen LogP contribution in [0.15, 0.2) is 11.2 Å². The quantitative estimate of drug-likeness (QED) is 0.623. The maximum absolute atomic E-state index is 9.70. The summed E-state index contributed by atoms with van der Waals surface area (Å²) in [6, 6.07) is 1.93. The number of ether oxygens (including phenoxy) is 1. The van der Waals surface area contributed by atoms with Crippen molar-refractivity contribution in [1.82, 2.24) is 9.97 Å². The van der Waals surface area contributed by atoms with Crippen LogP contribution in [0.1, 0.15) is 25.2 Å². The zero-order chi connectivity index (χ0) is 12.8. The van der Waals surface area contributed by atoms with Gasteiger partial charge in [0.25, 0.3) is 0 Å². The molecule has 0 radical (unpaired) electrons. The van der Waals surface area contributed by atoms with Crippen molar-refractivity contribution in [2.24, 2.45) is 0 Å². The third kappa shape index (κ3) is 6.00. The lowest BCUT2D eigenvalue weighted by Crippen LogP contribution is -2.20. The SMILES string of the molecule is Cc1cc(C)nc(SC[C@@H](O)COC(C)C)n1. The third-order valence-corrected chi connectivity index (χ3v) is 2.98. The summed E-state index contributed by atoms with van der Waals surface area (Å²) in [6.45, 7) is 8.14. The van der Waals surface area contributed by atoms with Gasteiger partial charge in [-0.2, -0.15) is 0 Å². The first kappa shape index (κ1) is 14.4. The first-order chi connectivity index (χ1) is 7.97. The Morgan fingerprint density at radius 3 is 2.41 bits per heavy atom. The van der Waals surface area contributed by atoms with E-state index in [9.17, 15) is 5.11 Å². The Balaban J connectivity index is 2.39. The van der Waals surface area contributed by atoms with Gasteiger partial charge in [-0.1, -0.05) is 11.8 Å². The van der Waals surface area contributed by atoms with Crippen molar-refractivity contribution in [3.05, 3.63) is 17.5 Å². The molecular weight excluding hydrogens is 236 g/mol. The van der Waals surface area contributed by atoms with Gasteiger partial charge in [-0.15, -0.1) is 0 Å². The number of aliphatic hydroxyl groups excluding tert-OH is 1. The number of thioether (sulfide) groups is 1. The molecule has 1 N–H and O–H groups in total. The van der Waals surface area contributed by atoms with Crippen molar-refractivity contribution in [2.75, 3.05) is 12.4 Å². The van der Waals surface area contributed by atoms with Crippen LogP contribution in [-0.4, -0.2) is 39.6 Å². The highest BCUT2D eigenvalue weighted by Crippen LogP contribution is 2.15. The summed E-state index contributed by atoms with van der Waals surface area (Å²) in [5.74, 6) is 0.551. The van der Waals surface area contributed by atoms with Crippen LogP contribution in [0.4, 0.5) is 0 Å². The molecule has 1 atom stereocenters. The van der Waals surface area contributed by atoms with Crippen LogP contribution in [0.3, 0.4) is 0 Å². The smallest absolute Gasteiger partial charge is 0.188 e. The van der Waals surface area contributed by atoms with Gasteiger partial charge in [-0.3, -0.25) is 0 Å². The van der Waals surface area contributed by atoms with Gasteiger partial charge in [-0.25, -0.2) is 9.97 Å². The normalized spacial score (nSPS) is 13.1. The molecule has 0 amide bonds. The Kier molecular flexibility index (Phi) is 5.88. The van der Waals surface area contributed by atoms with Gasteiger partial charge in [0, 0.05) is 17.1 Å². The second kappa shape index (κ2) is 6.93. The van der Waals surface area contributed by atoms with Crippen LogP contribution < -0.4 is 0 Å². The maximum Gasteiger partial charge on any atom is 0.188 e. The molecule has 0 spiro atoms. The molecule has 17 heavy (non-hydrogen) atoms. The number of nitrogens with zero attached hydrogens (tertiary/aromatic N) is 2. The van der Waals surface area contributed by atoms with Crippen molar-refractivity contribution in [3.8, 4) is 0 Å². The van der Waals surface area contributed by atoms with E-state index in [1.165, 1.54) is 11.8 Å². The number of aromatic nitrogens is 2. The Hall–Kier alpha value is -0.650. The summed E-state index contributed by atoms with van der Waals surface area (Å²) >= 11 is 1.46. The molecule has 1 rings (SSSR count). The van der Waals surface area contributed by atoms with Crippen LogP contribution in [0.2, 0.25) is 0 Å². The summed E-state index contributed by atoms with van der Waals surface area (Å²) in [7, 11) is 0. The van der Waals surface area contributed by atoms with Gasteiger partial charge in [0.1, 0.15) is 0 Å². The molecule has 5 heteroatoms. The van der Waals surface area contributed by atoms with E-state index in [1.54, 1.807) is 0 Å². The summed E-state index contributed by atoms with van der Waals surface area (Å²) in [4.78, 5) is 8.60. The molecular formula is C12H20N2O2S. The van der Waals surface area contributed by atoms with Crippen LogP contribution in [0.5, 0.6) is 0 Å². The fraction of sp³-hybridized carbons (Fsp3) is 0.667. The van der Waals surface area contributed by atoms with Crippen LogP contribution in [0.25, 0.3) is 0 Å². The van der Waals surface area contributed by atoms with E-state index in [4.69, 9.17) is 4.74 Å². The molecule has 0 saturated carbocycles. The lowest BCUT2D eigenvalue weighted by atomic mass is 10.4. The Labute approximate surface area is 107 Å². The van der Waals surface area contributed by atoms with Gasteiger partial charge in [0.2, 0.25) is 0 Å². The summed E-state index contributed by atoms with van der Waals surface area (Å²) < 4.78 is 5.34. The zero-order valence-corrected chi connectivity index (χ0v) is 11.6. The Bertz CT molecular complexity index is 338. The molecule has 0 aliphatic rings. The van der Waals surface area contributed by atoms with Crippen molar-refractivity contribution in [1.29, 1.82) is 0 Å².